The largest absolute Gasteiger partial charge is 0.461 e. The minimum atomic E-state index is -0.376. The Morgan fingerprint density at radius 3 is 2.59 bits per heavy atom. The number of rotatable bonds is 8. The number of amides is 1. The molecular weight excluding hydrogens is 427 g/mol. The van der Waals surface area contributed by atoms with Gasteiger partial charge in [0.05, 0.1) is 12.0 Å². The number of hydrogen-bond acceptors (Lipinski definition) is 5. The Morgan fingerprint density at radius 2 is 1.91 bits per heavy atom. The van der Waals surface area contributed by atoms with E-state index in [1.807, 2.05) is 38.1 Å². The van der Waals surface area contributed by atoms with Crippen molar-refractivity contribution < 1.29 is 13.6 Å². The number of nitrogens with one attached hydrogen (secondary N) is 1. The highest BCUT2D eigenvalue weighted by Crippen LogP contribution is 2.31. The molecule has 1 amide bonds. The Labute approximate surface area is 189 Å². The summed E-state index contributed by atoms with van der Waals surface area (Å²) in [4.78, 5) is 12.3. The molecule has 164 valence electrons. The minimum Gasteiger partial charge on any atom is -0.461 e. The molecule has 0 spiro atoms. The molecule has 2 aromatic heterocycles. The zero-order valence-corrected chi connectivity index (χ0v) is 18.6. The summed E-state index contributed by atoms with van der Waals surface area (Å²) in [6.45, 7) is 4.01. The second kappa shape index (κ2) is 9.82. The number of carbonyl (C=O) groups excluding carboxylic acids is 1. The lowest BCUT2D eigenvalue weighted by Crippen LogP contribution is -2.31. The van der Waals surface area contributed by atoms with Crippen molar-refractivity contribution in [1.82, 2.24) is 20.1 Å². The number of thioether (sulfide) groups is 1. The van der Waals surface area contributed by atoms with Gasteiger partial charge < -0.3 is 9.73 Å². The van der Waals surface area contributed by atoms with Crippen LogP contribution >= 0.6 is 11.8 Å². The third-order valence-corrected chi connectivity index (χ3v) is 6.04. The summed E-state index contributed by atoms with van der Waals surface area (Å²) in [7, 11) is 0. The molecule has 8 heteroatoms. The van der Waals surface area contributed by atoms with E-state index in [1.165, 1.54) is 17.8 Å². The maximum Gasteiger partial charge on any atom is 0.251 e. The van der Waals surface area contributed by atoms with Crippen LogP contribution in [0.15, 0.2) is 76.5 Å². The summed E-state index contributed by atoms with van der Waals surface area (Å²) in [5.74, 6) is 1.06. The average Bonchev–Trinajstić information content (AvgIpc) is 3.48. The lowest BCUT2D eigenvalue weighted by atomic mass is 10.1. The van der Waals surface area contributed by atoms with Gasteiger partial charge in [-0.2, -0.15) is 0 Å². The predicted molar refractivity (Wildman–Crippen MR) is 122 cm³/mol. The second-order valence-electron chi connectivity index (χ2n) is 7.34. The standard InChI is InChI=1S/C24H23FN4O2S/c1-3-16(2)26-23(30)18-12-10-17(11-13-18)15-32-24-28-27-22(21-9-6-14-31-21)29(24)20-8-5-4-7-19(20)25/h4-14,16H,3,15H2,1-2H3,(H,26,30)/t16-/m0/s1. The summed E-state index contributed by atoms with van der Waals surface area (Å²) >= 11 is 1.43. The Hall–Kier alpha value is -3.39. The lowest BCUT2D eigenvalue weighted by molar-refractivity contribution is 0.0939. The third-order valence-electron chi connectivity index (χ3n) is 5.04. The molecule has 0 fully saturated rings. The molecule has 2 heterocycles. The molecule has 0 saturated carbocycles. The molecule has 0 radical (unpaired) electrons. The van der Waals surface area contributed by atoms with E-state index in [4.69, 9.17) is 4.42 Å². The smallest absolute Gasteiger partial charge is 0.251 e. The molecule has 0 saturated heterocycles. The highest BCUT2D eigenvalue weighted by Gasteiger charge is 2.20. The third kappa shape index (κ3) is 4.75. The van der Waals surface area contributed by atoms with E-state index in [9.17, 15) is 9.18 Å². The van der Waals surface area contributed by atoms with Crippen LogP contribution in [0.5, 0.6) is 0 Å². The number of para-hydroxylation sites is 1. The Bertz CT molecular complexity index is 1190. The van der Waals surface area contributed by atoms with Crippen molar-refractivity contribution in [3.63, 3.8) is 0 Å². The number of halogens is 1. The van der Waals surface area contributed by atoms with Crippen LogP contribution in [0.1, 0.15) is 36.2 Å². The number of hydrogen-bond donors (Lipinski definition) is 1. The maximum absolute atomic E-state index is 14.6. The molecule has 6 nitrogen and oxygen atoms in total. The first-order valence-corrected chi connectivity index (χ1v) is 11.3. The van der Waals surface area contributed by atoms with Crippen LogP contribution in [0, 0.1) is 5.82 Å². The molecular formula is C24H23FN4O2S. The molecule has 4 aromatic rings. The number of benzene rings is 2. The van der Waals surface area contributed by atoms with Crippen LogP contribution in [-0.4, -0.2) is 26.7 Å². The van der Waals surface area contributed by atoms with Gasteiger partial charge in [-0.05, 0) is 55.3 Å². The molecule has 0 aliphatic carbocycles. The van der Waals surface area contributed by atoms with Gasteiger partial charge in [0.2, 0.25) is 5.82 Å². The monoisotopic (exact) mass is 450 g/mol. The number of furan rings is 1. The van der Waals surface area contributed by atoms with Crippen LogP contribution in [0.3, 0.4) is 0 Å². The fraction of sp³-hybridized carbons (Fsp3) is 0.208. The van der Waals surface area contributed by atoms with Crippen LogP contribution in [-0.2, 0) is 5.75 Å². The molecule has 4 rings (SSSR count). The van der Waals surface area contributed by atoms with Crippen molar-refractivity contribution in [3.05, 3.63) is 83.9 Å². The molecule has 0 aliphatic rings. The minimum absolute atomic E-state index is 0.0825. The Kier molecular flexibility index (Phi) is 6.70. The Morgan fingerprint density at radius 1 is 1.12 bits per heavy atom. The van der Waals surface area contributed by atoms with E-state index >= 15 is 0 Å². The average molecular weight is 451 g/mol. The van der Waals surface area contributed by atoms with Crippen molar-refractivity contribution >= 4 is 17.7 Å². The lowest BCUT2D eigenvalue weighted by Gasteiger charge is -2.12. The van der Waals surface area contributed by atoms with Crippen LogP contribution in [0.2, 0.25) is 0 Å². The van der Waals surface area contributed by atoms with Gasteiger partial charge in [0.1, 0.15) is 5.82 Å². The van der Waals surface area contributed by atoms with Crippen LogP contribution in [0.25, 0.3) is 17.3 Å². The van der Waals surface area contributed by atoms with Gasteiger partial charge in [0.25, 0.3) is 5.91 Å². The van der Waals surface area contributed by atoms with Crippen LogP contribution < -0.4 is 5.32 Å². The van der Waals surface area contributed by atoms with Crippen molar-refractivity contribution in [2.45, 2.75) is 37.2 Å². The predicted octanol–water partition coefficient (Wildman–Crippen LogP) is 5.49. The number of nitrogens with zero attached hydrogens (tertiary/aromatic N) is 3. The fourth-order valence-corrected chi connectivity index (χ4v) is 3.99. The van der Waals surface area contributed by atoms with Gasteiger partial charge in [0.15, 0.2) is 10.9 Å². The molecule has 1 N–H and O–H groups in total. The number of aromatic nitrogens is 3. The molecule has 0 bridgehead atoms. The van der Waals surface area contributed by atoms with Crippen molar-refractivity contribution in [2.24, 2.45) is 0 Å². The normalized spacial score (nSPS) is 12.0. The van der Waals surface area contributed by atoms with Gasteiger partial charge in [-0.3, -0.25) is 9.36 Å². The summed E-state index contributed by atoms with van der Waals surface area (Å²) in [6, 6.07) is 17.6. The van der Waals surface area contributed by atoms with E-state index in [1.54, 1.807) is 41.2 Å². The first kappa shape index (κ1) is 21.8. The van der Waals surface area contributed by atoms with Gasteiger partial charge in [-0.15, -0.1) is 10.2 Å². The van der Waals surface area contributed by atoms with Gasteiger partial charge >= 0.3 is 0 Å². The molecule has 32 heavy (non-hydrogen) atoms. The zero-order chi connectivity index (χ0) is 22.5. The molecule has 0 unspecified atom stereocenters. The molecule has 1 atom stereocenters. The van der Waals surface area contributed by atoms with E-state index in [0.717, 1.165) is 12.0 Å². The zero-order valence-electron chi connectivity index (χ0n) is 17.8. The first-order chi connectivity index (χ1) is 15.6. The maximum atomic E-state index is 14.6. The van der Waals surface area contributed by atoms with E-state index in [-0.39, 0.29) is 17.8 Å². The van der Waals surface area contributed by atoms with E-state index < -0.39 is 0 Å². The Balaban J connectivity index is 1.55. The second-order valence-corrected chi connectivity index (χ2v) is 8.28. The van der Waals surface area contributed by atoms with E-state index in [2.05, 4.69) is 15.5 Å². The summed E-state index contributed by atoms with van der Waals surface area (Å²) in [5.41, 5.74) is 1.98. The highest BCUT2D eigenvalue weighted by molar-refractivity contribution is 7.98. The first-order valence-electron chi connectivity index (χ1n) is 10.3. The summed E-state index contributed by atoms with van der Waals surface area (Å²) in [5, 5.41) is 12.0. The molecule has 2 aromatic carbocycles. The van der Waals surface area contributed by atoms with Gasteiger partial charge in [-0.1, -0.05) is 43.0 Å². The fourth-order valence-electron chi connectivity index (χ4n) is 3.09. The topological polar surface area (TPSA) is 73.0 Å². The van der Waals surface area contributed by atoms with Crippen LogP contribution in [0.4, 0.5) is 4.39 Å². The summed E-state index contributed by atoms with van der Waals surface area (Å²) < 4.78 is 21.7. The van der Waals surface area contributed by atoms with Gasteiger partial charge in [-0.25, -0.2) is 4.39 Å². The van der Waals surface area contributed by atoms with Crippen molar-refractivity contribution in [3.8, 4) is 17.3 Å². The van der Waals surface area contributed by atoms with Gasteiger partial charge in [0, 0.05) is 17.4 Å². The van der Waals surface area contributed by atoms with Crippen molar-refractivity contribution in [1.29, 1.82) is 0 Å². The highest BCUT2D eigenvalue weighted by atomic mass is 32.2. The SMILES string of the molecule is CC[C@H](C)NC(=O)c1ccc(CSc2nnc(-c3ccco3)n2-c2ccccc2F)cc1. The van der Waals surface area contributed by atoms with Crippen molar-refractivity contribution in [2.75, 3.05) is 0 Å². The van der Waals surface area contributed by atoms with E-state index in [0.29, 0.717) is 33.7 Å². The number of carbonyl (C=O) groups is 1. The quantitative estimate of drug-likeness (QED) is 0.360. The molecule has 0 aliphatic heterocycles. The summed E-state index contributed by atoms with van der Waals surface area (Å²) in [6.07, 6.45) is 2.42.